The molecule has 0 saturated heterocycles. The van der Waals surface area contributed by atoms with Crippen molar-refractivity contribution in [3.63, 3.8) is 0 Å². The molecule has 0 radical (unpaired) electrons. The SMILES string of the molecule is [2H]c1c([2H])c([2H])c(-c2c([2H])c([2H])c(-c3nc(-c4c([2H])c([2H])c([2H])c5c4sc4c([2H])c([2H])c([2H])c([2H])c45)nc(-n4c5c([2H])c([2H])c([2H])c([2H])c5c5c6oc7c([2H])c([2H])c([2H])c([2H])c7c6c([2H])c([2H])c54)n3)c([2H])c2[2H])c([2H])c1[2H]. The molecule has 0 amide bonds. The van der Waals surface area contributed by atoms with Crippen LogP contribution >= 0.6 is 11.3 Å². The zero-order valence-corrected chi connectivity index (χ0v) is 25.9. The van der Waals surface area contributed by atoms with Crippen LogP contribution in [0.2, 0.25) is 0 Å². The molecule has 0 aliphatic heterocycles. The molecule has 11 rings (SSSR count). The van der Waals surface area contributed by atoms with Gasteiger partial charge in [-0.05, 0) is 47.4 Å². The van der Waals surface area contributed by atoms with E-state index in [4.69, 9.17) is 27.7 Å². The Morgan fingerprint density at radius 3 is 2.06 bits per heavy atom. The molecule has 0 atom stereocenters. The lowest BCUT2D eigenvalue weighted by atomic mass is 10.0. The number of fused-ring (bicyclic) bond motifs is 10. The van der Waals surface area contributed by atoms with Crippen molar-refractivity contribution in [3.8, 4) is 39.9 Å². The molecule has 0 spiro atoms. The highest BCUT2D eigenvalue weighted by Crippen LogP contribution is 2.42. The lowest BCUT2D eigenvalue weighted by Gasteiger charge is -2.12. The number of rotatable bonds is 4. The van der Waals surface area contributed by atoms with Crippen molar-refractivity contribution in [2.45, 2.75) is 0 Å². The second kappa shape index (κ2) is 10.9. The molecule has 5 nitrogen and oxygen atoms in total. The molecule has 6 heteroatoms. The van der Waals surface area contributed by atoms with Crippen LogP contribution in [-0.4, -0.2) is 19.5 Å². The summed E-state index contributed by atoms with van der Waals surface area (Å²) in [4.78, 5) is 13.7. The molecule has 4 aromatic heterocycles. The predicted molar refractivity (Wildman–Crippen MR) is 211 cm³/mol. The molecule has 0 unspecified atom stereocenters. The number of hydrogen-bond donors (Lipinski definition) is 0. The van der Waals surface area contributed by atoms with Gasteiger partial charge in [0.05, 0.1) is 52.1 Å². The third-order valence-electron chi connectivity index (χ3n) is 8.05. The second-order valence-corrected chi connectivity index (χ2v) is 11.9. The van der Waals surface area contributed by atoms with Crippen LogP contribution in [0.5, 0.6) is 0 Å². The molecule has 238 valence electrons. The molecule has 7 aromatic carbocycles. The van der Waals surface area contributed by atoms with Crippen LogP contribution in [0.3, 0.4) is 0 Å². The first-order chi connectivity index (χ1) is 36.1. The summed E-state index contributed by atoms with van der Waals surface area (Å²) in [7, 11) is 0. The quantitative estimate of drug-likeness (QED) is 0.184. The number of nitrogens with zero attached hydrogens (tertiary/aromatic N) is 4. The van der Waals surface area contributed by atoms with Gasteiger partial charge in [0.1, 0.15) is 11.2 Å². The standard InChI is InChI=1S/C45H26N4OS/c1-2-11-27(12-3-1)28-21-23-29(24-22-28)43-46-44(35-17-10-16-33-31-14-6-9-20-39(31)51-42(33)35)48-45(47-43)49-36-18-7-4-15-34(36)40-37(49)26-25-32-30-13-5-8-19-38(30)50-41(32)40/h1-26H/i1D,2D,3D,4D,5D,6D,7D,8D,9D,10D,11D,12D,13D,14D,15D,16D,17D,18D,19D,20D,21D,22D,23D,24D,25D,26D. The van der Waals surface area contributed by atoms with Crippen LogP contribution in [0.1, 0.15) is 35.6 Å². The summed E-state index contributed by atoms with van der Waals surface area (Å²) in [6.45, 7) is 0. The Hall–Kier alpha value is -6.63. The minimum Gasteiger partial charge on any atom is -0.455 e. The van der Waals surface area contributed by atoms with Gasteiger partial charge in [-0.1, -0.05) is 121 Å². The summed E-state index contributed by atoms with van der Waals surface area (Å²) in [5.41, 5.74) is -4.70. The molecule has 0 aliphatic rings. The summed E-state index contributed by atoms with van der Waals surface area (Å²) in [6.07, 6.45) is 0. The Kier molecular flexibility index (Phi) is 2.77. The number of thiophene rings is 1. The first-order valence-corrected chi connectivity index (χ1v) is 15.6. The Bertz CT molecular complexity index is 4610. The highest BCUT2D eigenvalue weighted by atomic mass is 32.1. The van der Waals surface area contributed by atoms with Gasteiger partial charge in [0.2, 0.25) is 5.95 Å². The van der Waals surface area contributed by atoms with Gasteiger partial charge in [-0.2, -0.15) is 9.97 Å². The van der Waals surface area contributed by atoms with E-state index >= 15 is 0 Å². The van der Waals surface area contributed by atoms with Gasteiger partial charge < -0.3 is 4.42 Å². The third kappa shape index (κ3) is 4.30. The number of furan rings is 1. The normalized spacial score (nSPS) is 19.1. The number of benzene rings is 7. The van der Waals surface area contributed by atoms with E-state index < -0.39 is 225 Å². The van der Waals surface area contributed by atoms with Crippen molar-refractivity contribution < 1.29 is 40.1 Å². The van der Waals surface area contributed by atoms with E-state index in [1.54, 1.807) is 0 Å². The van der Waals surface area contributed by atoms with Crippen LogP contribution in [0.4, 0.5) is 0 Å². The topological polar surface area (TPSA) is 56.7 Å². The van der Waals surface area contributed by atoms with Crippen LogP contribution < -0.4 is 0 Å². The molecule has 51 heavy (non-hydrogen) atoms. The van der Waals surface area contributed by atoms with E-state index in [-0.39, 0.29) is 36.3 Å². The molecule has 0 saturated carbocycles. The third-order valence-corrected chi connectivity index (χ3v) is 9.17. The average Bonchev–Trinajstić information content (AvgIpc) is 4.18. The number of hydrogen-bond acceptors (Lipinski definition) is 5. The summed E-state index contributed by atoms with van der Waals surface area (Å²) in [5.74, 6) is -2.37. The van der Waals surface area contributed by atoms with Gasteiger partial charge >= 0.3 is 0 Å². The van der Waals surface area contributed by atoms with Crippen molar-refractivity contribution in [2.24, 2.45) is 0 Å². The van der Waals surface area contributed by atoms with E-state index in [0.29, 0.717) is 11.3 Å². The number of aromatic nitrogens is 4. The zero-order chi connectivity index (χ0) is 56.1. The summed E-state index contributed by atoms with van der Waals surface area (Å²) in [6, 6.07) is -20.7. The van der Waals surface area contributed by atoms with Crippen molar-refractivity contribution in [2.75, 3.05) is 0 Å². The van der Waals surface area contributed by atoms with Crippen molar-refractivity contribution in [3.05, 3.63) is 157 Å². The van der Waals surface area contributed by atoms with E-state index in [0.717, 1.165) is 4.57 Å². The maximum Gasteiger partial charge on any atom is 0.238 e. The van der Waals surface area contributed by atoms with E-state index in [2.05, 4.69) is 15.0 Å². The minimum absolute atomic E-state index is 0.125. The molecular weight excluding hydrogens is 645 g/mol. The first kappa shape index (κ1) is 12.9. The van der Waals surface area contributed by atoms with Crippen LogP contribution in [-0.2, 0) is 0 Å². The van der Waals surface area contributed by atoms with Crippen LogP contribution in [0.15, 0.2) is 162 Å². The van der Waals surface area contributed by atoms with Crippen molar-refractivity contribution in [1.29, 1.82) is 0 Å². The Morgan fingerprint density at radius 2 is 1.18 bits per heavy atom. The fraction of sp³-hybridized carbons (Fsp3) is 0. The maximum atomic E-state index is 9.60. The van der Waals surface area contributed by atoms with Gasteiger partial charge in [-0.25, -0.2) is 4.98 Å². The fourth-order valence-corrected chi connectivity index (χ4v) is 6.93. The van der Waals surface area contributed by atoms with E-state index in [9.17, 15) is 12.3 Å². The molecule has 11 aromatic rings. The van der Waals surface area contributed by atoms with Crippen molar-refractivity contribution >= 4 is 75.3 Å². The monoisotopic (exact) mass is 696 g/mol. The zero-order valence-electron chi connectivity index (χ0n) is 51.1. The fourth-order valence-electron chi connectivity index (χ4n) is 5.87. The van der Waals surface area contributed by atoms with Gasteiger partial charge in [0.15, 0.2) is 11.6 Å². The van der Waals surface area contributed by atoms with Gasteiger partial charge in [-0.15, -0.1) is 11.3 Å². The van der Waals surface area contributed by atoms with Crippen LogP contribution in [0, 0.1) is 0 Å². The molecule has 0 aliphatic carbocycles. The van der Waals surface area contributed by atoms with Gasteiger partial charge in [0, 0.05) is 47.5 Å². The summed E-state index contributed by atoms with van der Waals surface area (Å²) < 4.78 is 237. The molecule has 0 bridgehead atoms. The summed E-state index contributed by atoms with van der Waals surface area (Å²) in [5, 5.41) is -1.97. The smallest absolute Gasteiger partial charge is 0.238 e. The Balaban J connectivity index is 1.37. The highest BCUT2D eigenvalue weighted by Gasteiger charge is 2.22. The van der Waals surface area contributed by atoms with E-state index in [1.165, 1.54) is 0 Å². The average molecular weight is 697 g/mol. The van der Waals surface area contributed by atoms with E-state index in [1.807, 2.05) is 0 Å². The molecule has 0 fully saturated rings. The lowest BCUT2D eigenvalue weighted by molar-refractivity contribution is 0.673. The predicted octanol–water partition coefficient (Wildman–Crippen LogP) is 12.2. The maximum absolute atomic E-state index is 9.60. The summed E-state index contributed by atoms with van der Waals surface area (Å²) >= 11 is 0.651. The van der Waals surface area contributed by atoms with Gasteiger partial charge in [-0.3, -0.25) is 4.57 Å². The molecular formula is C45H26N4OS. The largest absolute Gasteiger partial charge is 0.455 e. The van der Waals surface area contributed by atoms with Crippen molar-refractivity contribution in [1.82, 2.24) is 19.5 Å². The second-order valence-electron chi connectivity index (χ2n) is 10.8. The Labute approximate surface area is 332 Å². The lowest BCUT2D eigenvalue weighted by Crippen LogP contribution is -2.06. The molecule has 4 heterocycles. The van der Waals surface area contributed by atoms with Crippen LogP contribution in [0.25, 0.3) is 104 Å². The molecule has 0 N–H and O–H groups in total. The minimum atomic E-state index is -0.997. The Morgan fingerprint density at radius 1 is 0.490 bits per heavy atom. The first-order valence-electron chi connectivity index (χ1n) is 27.8. The number of para-hydroxylation sites is 2. The van der Waals surface area contributed by atoms with Gasteiger partial charge in [0.25, 0.3) is 0 Å². The highest BCUT2D eigenvalue weighted by molar-refractivity contribution is 7.26.